The Hall–Kier alpha value is -1.18. The van der Waals surface area contributed by atoms with E-state index in [-0.39, 0.29) is 12.1 Å². The van der Waals surface area contributed by atoms with Crippen LogP contribution in [0.5, 0.6) is 0 Å². The molecule has 0 bridgehead atoms. The minimum absolute atomic E-state index is 0.183. The molecule has 0 saturated carbocycles. The maximum Gasteiger partial charge on any atom is 0.332 e. The standard InChI is InChI=1S/C25H50N2O2.C3H6O3/c1-3-5-6-7-8-9-10-11-12-13-14-15-16-17-18-19-25(28)26-24(4-2)27-20-22-29-23-21-27;1-2(4)3(5)6/h24H,3-23H2,1-2H3,(H,26,28);2,4H,1H3,(H,5,6). The lowest BCUT2D eigenvalue weighted by Gasteiger charge is -2.34. The van der Waals surface area contributed by atoms with Crippen molar-refractivity contribution >= 4 is 11.9 Å². The zero-order chi connectivity index (χ0) is 26.2. The Bertz CT molecular complexity index is 496. The molecule has 1 aliphatic rings. The van der Waals surface area contributed by atoms with Crippen LogP contribution in [0.3, 0.4) is 0 Å². The quantitative estimate of drug-likeness (QED) is 0.180. The first-order valence-electron chi connectivity index (χ1n) is 14.4. The summed E-state index contributed by atoms with van der Waals surface area (Å²) in [5, 5.41) is 19.0. The number of carboxylic acids is 1. The highest BCUT2D eigenvalue weighted by Gasteiger charge is 2.20. The minimum atomic E-state index is -1.23. The van der Waals surface area contributed by atoms with Gasteiger partial charge in [0.2, 0.25) is 5.91 Å². The van der Waals surface area contributed by atoms with E-state index in [1.807, 2.05) is 0 Å². The van der Waals surface area contributed by atoms with Gasteiger partial charge in [0.05, 0.1) is 19.4 Å². The highest BCUT2D eigenvalue weighted by atomic mass is 16.5. The van der Waals surface area contributed by atoms with Crippen LogP contribution >= 0.6 is 0 Å². The summed E-state index contributed by atoms with van der Waals surface area (Å²) in [6.45, 7) is 9.05. The molecule has 1 heterocycles. The number of aliphatic hydroxyl groups is 1. The highest BCUT2D eigenvalue weighted by Crippen LogP contribution is 2.14. The summed E-state index contributed by atoms with van der Waals surface area (Å²) in [7, 11) is 0. The fraction of sp³-hybridized carbons (Fsp3) is 0.929. The fourth-order valence-electron chi connectivity index (χ4n) is 4.26. The van der Waals surface area contributed by atoms with Gasteiger partial charge in [0, 0.05) is 19.5 Å². The number of hydrogen-bond acceptors (Lipinski definition) is 5. The number of morpholine rings is 1. The number of unbranched alkanes of at least 4 members (excludes halogenated alkanes) is 14. The van der Waals surface area contributed by atoms with E-state index >= 15 is 0 Å². The third-order valence-electron chi connectivity index (χ3n) is 6.57. The second kappa shape index (κ2) is 24.5. The number of ether oxygens (including phenoxy) is 1. The minimum Gasteiger partial charge on any atom is -0.479 e. The molecule has 2 unspecified atom stereocenters. The van der Waals surface area contributed by atoms with E-state index in [4.69, 9.17) is 14.9 Å². The van der Waals surface area contributed by atoms with Gasteiger partial charge in [-0.15, -0.1) is 0 Å². The van der Waals surface area contributed by atoms with E-state index in [0.717, 1.165) is 39.1 Å². The third kappa shape index (κ3) is 21.8. The Morgan fingerprint density at radius 1 is 0.800 bits per heavy atom. The lowest BCUT2D eigenvalue weighted by molar-refractivity contribution is -0.145. The van der Waals surface area contributed by atoms with Crippen molar-refractivity contribution in [2.24, 2.45) is 0 Å². The topological polar surface area (TPSA) is 99.1 Å². The van der Waals surface area contributed by atoms with Crippen LogP contribution in [0.15, 0.2) is 0 Å². The van der Waals surface area contributed by atoms with Gasteiger partial charge in [0.15, 0.2) is 0 Å². The van der Waals surface area contributed by atoms with Crippen LogP contribution in [0.2, 0.25) is 0 Å². The predicted octanol–water partition coefficient (Wildman–Crippen LogP) is 5.88. The van der Waals surface area contributed by atoms with Crippen LogP contribution < -0.4 is 5.32 Å². The van der Waals surface area contributed by atoms with Gasteiger partial charge in [0.1, 0.15) is 6.10 Å². The molecule has 1 fully saturated rings. The molecule has 1 aliphatic heterocycles. The van der Waals surface area contributed by atoms with Gasteiger partial charge >= 0.3 is 5.97 Å². The van der Waals surface area contributed by atoms with Gasteiger partial charge in [-0.25, -0.2) is 4.79 Å². The van der Waals surface area contributed by atoms with E-state index in [9.17, 15) is 9.59 Å². The maximum absolute atomic E-state index is 12.2. The zero-order valence-corrected chi connectivity index (χ0v) is 23.1. The predicted molar refractivity (Wildman–Crippen MR) is 143 cm³/mol. The second-order valence-corrected chi connectivity index (χ2v) is 9.85. The molecule has 7 heteroatoms. The van der Waals surface area contributed by atoms with Crippen molar-refractivity contribution in [3.63, 3.8) is 0 Å². The Kier molecular flexibility index (Phi) is 23.7. The number of amides is 1. The van der Waals surface area contributed by atoms with Gasteiger partial charge in [-0.1, -0.05) is 104 Å². The summed E-state index contributed by atoms with van der Waals surface area (Å²) in [6.07, 6.45) is 21.0. The molecule has 0 aliphatic carbocycles. The van der Waals surface area contributed by atoms with Gasteiger partial charge in [-0.3, -0.25) is 9.69 Å². The third-order valence-corrected chi connectivity index (χ3v) is 6.57. The Balaban J connectivity index is 0.00000170. The van der Waals surface area contributed by atoms with Crippen molar-refractivity contribution in [1.82, 2.24) is 10.2 Å². The molecule has 0 spiro atoms. The van der Waals surface area contributed by atoms with Crippen molar-refractivity contribution in [1.29, 1.82) is 0 Å². The monoisotopic (exact) mass is 500 g/mol. The number of carbonyl (C=O) groups is 2. The molecule has 3 N–H and O–H groups in total. The number of nitrogens with one attached hydrogen (secondary N) is 1. The van der Waals surface area contributed by atoms with Crippen LogP contribution in [0.25, 0.3) is 0 Å². The Morgan fingerprint density at radius 2 is 1.20 bits per heavy atom. The molecule has 1 amide bonds. The molecule has 1 saturated heterocycles. The van der Waals surface area contributed by atoms with Crippen molar-refractivity contribution < 1.29 is 24.5 Å². The lowest BCUT2D eigenvalue weighted by Crippen LogP contribution is -2.51. The Morgan fingerprint density at radius 3 is 1.57 bits per heavy atom. The summed E-state index contributed by atoms with van der Waals surface area (Å²) in [5.41, 5.74) is 0. The molecule has 1 rings (SSSR count). The van der Waals surface area contributed by atoms with Crippen molar-refractivity contribution in [3.05, 3.63) is 0 Å². The molecule has 208 valence electrons. The largest absolute Gasteiger partial charge is 0.479 e. The van der Waals surface area contributed by atoms with E-state index in [1.54, 1.807) is 0 Å². The summed E-state index contributed by atoms with van der Waals surface area (Å²) in [4.78, 5) is 24.0. The first-order chi connectivity index (χ1) is 16.9. The fourth-order valence-corrected chi connectivity index (χ4v) is 4.26. The number of aliphatic hydroxyl groups excluding tert-OH is 1. The van der Waals surface area contributed by atoms with Crippen molar-refractivity contribution in [2.45, 2.75) is 142 Å². The molecule has 0 aromatic rings. The summed E-state index contributed by atoms with van der Waals surface area (Å²) in [5.74, 6) is -0.965. The van der Waals surface area contributed by atoms with Gasteiger partial charge in [0.25, 0.3) is 0 Å². The van der Waals surface area contributed by atoms with Crippen molar-refractivity contribution in [3.8, 4) is 0 Å². The van der Waals surface area contributed by atoms with E-state index < -0.39 is 12.1 Å². The van der Waals surface area contributed by atoms with Gasteiger partial charge in [-0.05, 0) is 19.8 Å². The van der Waals surface area contributed by atoms with Crippen LogP contribution in [0.4, 0.5) is 0 Å². The highest BCUT2D eigenvalue weighted by molar-refractivity contribution is 5.76. The normalized spacial score (nSPS) is 15.7. The zero-order valence-electron chi connectivity index (χ0n) is 23.1. The molecule has 0 aromatic carbocycles. The average molecular weight is 501 g/mol. The average Bonchev–Trinajstić information content (AvgIpc) is 2.85. The first-order valence-corrected chi connectivity index (χ1v) is 14.4. The van der Waals surface area contributed by atoms with Crippen LogP contribution in [-0.2, 0) is 14.3 Å². The molecule has 2 atom stereocenters. The van der Waals surface area contributed by atoms with E-state index in [1.165, 1.54) is 96.8 Å². The molecule has 0 radical (unpaired) electrons. The second-order valence-electron chi connectivity index (χ2n) is 9.85. The van der Waals surface area contributed by atoms with Gasteiger partial charge in [-0.2, -0.15) is 0 Å². The summed E-state index contributed by atoms with van der Waals surface area (Å²) >= 11 is 0. The summed E-state index contributed by atoms with van der Waals surface area (Å²) < 4.78 is 5.41. The summed E-state index contributed by atoms with van der Waals surface area (Å²) in [6, 6.07) is 0. The molecular formula is C28H56N2O5. The number of nitrogens with zero attached hydrogens (tertiary/aromatic N) is 1. The van der Waals surface area contributed by atoms with Crippen LogP contribution in [0.1, 0.15) is 130 Å². The lowest BCUT2D eigenvalue weighted by atomic mass is 10.0. The van der Waals surface area contributed by atoms with E-state index in [0.29, 0.717) is 6.42 Å². The van der Waals surface area contributed by atoms with E-state index in [2.05, 4.69) is 24.1 Å². The first kappa shape index (κ1) is 33.8. The smallest absolute Gasteiger partial charge is 0.332 e. The van der Waals surface area contributed by atoms with Crippen molar-refractivity contribution in [2.75, 3.05) is 26.3 Å². The molecule has 0 aromatic heterocycles. The number of carboxylic acid groups (broad SMARTS) is 1. The maximum atomic E-state index is 12.2. The number of aliphatic carboxylic acids is 1. The molecule has 35 heavy (non-hydrogen) atoms. The number of rotatable bonds is 20. The van der Waals surface area contributed by atoms with Crippen LogP contribution in [-0.4, -0.2) is 65.6 Å². The SMILES string of the molecule is CC(O)C(=O)O.CCCCCCCCCCCCCCCCCC(=O)NC(CC)N1CCOCC1. The van der Waals surface area contributed by atoms with Gasteiger partial charge < -0.3 is 20.3 Å². The number of carbonyl (C=O) groups excluding carboxylic acids is 1. The molecular weight excluding hydrogens is 444 g/mol. The number of hydrogen-bond donors (Lipinski definition) is 3. The Labute approximate surface area is 215 Å². The molecule has 7 nitrogen and oxygen atoms in total. The van der Waals surface area contributed by atoms with Crippen LogP contribution in [0, 0.1) is 0 Å².